The minimum absolute atomic E-state index is 1.02. The van der Waals surface area contributed by atoms with E-state index >= 15 is 0 Å². The summed E-state index contributed by atoms with van der Waals surface area (Å²) in [6, 6.07) is 0. The van der Waals surface area contributed by atoms with Gasteiger partial charge in [0, 0.05) is 20.3 Å². The number of nitrogens with zero attached hydrogens (tertiary/aromatic N) is 2. The van der Waals surface area contributed by atoms with Crippen molar-refractivity contribution in [2.75, 3.05) is 14.1 Å². The van der Waals surface area contributed by atoms with Crippen LogP contribution in [-0.2, 0) is 0 Å². The Labute approximate surface area is 94.4 Å². The predicted molar refractivity (Wildman–Crippen MR) is 69.2 cm³/mol. The molecule has 0 aromatic heterocycles. The molecule has 0 unspecified atom stereocenters. The van der Waals surface area contributed by atoms with Crippen LogP contribution in [0.2, 0.25) is 0 Å². The lowest BCUT2D eigenvalue weighted by Gasteiger charge is -2.12. The Morgan fingerprint density at radius 2 is 1.60 bits per heavy atom. The molecule has 0 spiro atoms. The van der Waals surface area contributed by atoms with Crippen LogP contribution in [0.15, 0.2) is 28.4 Å². The summed E-state index contributed by atoms with van der Waals surface area (Å²) in [5.41, 5.74) is 2.65. The summed E-state index contributed by atoms with van der Waals surface area (Å²) in [5, 5.41) is 0. The summed E-state index contributed by atoms with van der Waals surface area (Å²) >= 11 is 0. The van der Waals surface area contributed by atoms with Gasteiger partial charge in [0.15, 0.2) is 0 Å². The fourth-order valence-electron chi connectivity index (χ4n) is 0.872. The Balaban J connectivity index is 4.83. The molecule has 0 heterocycles. The second kappa shape index (κ2) is 7.27. The highest BCUT2D eigenvalue weighted by Gasteiger charge is 1.97. The molecule has 0 saturated carbocycles. The van der Waals surface area contributed by atoms with Crippen molar-refractivity contribution in [3.8, 4) is 0 Å². The second-order valence-corrected chi connectivity index (χ2v) is 4.05. The molecular formula is C13H24N2. The fourth-order valence-corrected chi connectivity index (χ4v) is 0.872. The first-order valence-electron chi connectivity index (χ1n) is 5.59. The summed E-state index contributed by atoms with van der Waals surface area (Å²) in [7, 11) is 4.04. The van der Waals surface area contributed by atoms with Gasteiger partial charge >= 0.3 is 0 Å². The molecule has 0 bridgehead atoms. The highest BCUT2D eigenvalue weighted by atomic mass is 15.1. The Morgan fingerprint density at radius 1 is 1.07 bits per heavy atom. The third kappa shape index (κ3) is 6.10. The van der Waals surface area contributed by atoms with Gasteiger partial charge in [-0.3, -0.25) is 0 Å². The van der Waals surface area contributed by atoms with Crippen LogP contribution in [0.3, 0.4) is 0 Å². The zero-order valence-electron chi connectivity index (χ0n) is 11.0. The van der Waals surface area contributed by atoms with Gasteiger partial charge in [0.1, 0.15) is 5.84 Å². The van der Waals surface area contributed by atoms with Crippen LogP contribution in [0.1, 0.15) is 40.5 Å². The van der Waals surface area contributed by atoms with E-state index in [2.05, 4.69) is 38.8 Å². The first kappa shape index (κ1) is 13.9. The van der Waals surface area contributed by atoms with Crippen molar-refractivity contribution in [3.05, 3.63) is 23.4 Å². The van der Waals surface area contributed by atoms with Crippen molar-refractivity contribution in [2.45, 2.75) is 40.5 Å². The van der Waals surface area contributed by atoms with Gasteiger partial charge in [-0.1, -0.05) is 25.0 Å². The topological polar surface area (TPSA) is 15.6 Å². The van der Waals surface area contributed by atoms with E-state index in [1.165, 1.54) is 11.1 Å². The Hall–Kier alpha value is -1.05. The molecule has 86 valence electrons. The molecule has 0 rings (SSSR count). The summed E-state index contributed by atoms with van der Waals surface area (Å²) in [6.45, 7) is 8.54. The van der Waals surface area contributed by atoms with Gasteiger partial charge in [-0.15, -0.1) is 0 Å². The van der Waals surface area contributed by atoms with Crippen molar-refractivity contribution >= 4 is 5.84 Å². The molecule has 15 heavy (non-hydrogen) atoms. The molecule has 0 atom stereocenters. The maximum Gasteiger partial charge on any atom is 0.127 e. The summed E-state index contributed by atoms with van der Waals surface area (Å²) < 4.78 is 0. The van der Waals surface area contributed by atoms with Crippen LogP contribution in [0.5, 0.6) is 0 Å². The Morgan fingerprint density at radius 3 is 2.00 bits per heavy atom. The van der Waals surface area contributed by atoms with E-state index in [0.717, 1.165) is 18.7 Å². The van der Waals surface area contributed by atoms with Gasteiger partial charge in [-0.2, -0.15) is 0 Å². The quantitative estimate of drug-likeness (QED) is 0.509. The maximum atomic E-state index is 4.49. The molecule has 0 aliphatic rings. The van der Waals surface area contributed by atoms with E-state index in [9.17, 15) is 0 Å². The van der Waals surface area contributed by atoms with E-state index in [-0.39, 0.29) is 0 Å². The smallest absolute Gasteiger partial charge is 0.127 e. The monoisotopic (exact) mass is 208 g/mol. The summed E-state index contributed by atoms with van der Waals surface area (Å²) in [4.78, 5) is 6.53. The summed E-state index contributed by atoms with van der Waals surface area (Å²) in [5.74, 6) is 1.02. The molecule has 0 aromatic carbocycles. The number of allylic oxidation sites excluding steroid dienone is 2. The van der Waals surface area contributed by atoms with E-state index in [0.29, 0.717) is 0 Å². The van der Waals surface area contributed by atoms with Crippen molar-refractivity contribution in [3.63, 3.8) is 0 Å². The molecule has 0 saturated heterocycles. The van der Waals surface area contributed by atoms with Crippen molar-refractivity contribution in [1.29, 1.82) is 0 Å². The van der Waals surface area contributed by atoms with Gasteiger partial charge in [-0.05, 0) is 32.8 Å². The van der Waals surface area contributed by atoms with Crippen LogP contribution >= 0.6 is 0 Å². The average molecular weight is 208 g/mol. The minimum Gasteiger partial charge on any atom is -0.363 e. The van der Waals surface area contributed by atoms with Crippen molar-refractivity contribution in [2.24, 2.45) is 4.99 Å². The molecule has 0 radical (unpaired) electrons. The molecule has 0 aromatic rings. The Bertz CT molecular complexity index is 270. The van der Waals surface area contributed by atoms with Crippen LogP contribution in [-0.4, -0.2) is 24.8 Å². The number of hydrogen-bond acceptors (Lipinski definition) is 1. The number of amidine groups is 1. The van der Waals surface area contributed by atoms with Crippen LogP contribution in [0.25, 0.3) is 0 Å². The lowest BCUT2D eigenvalue weighted by molar-refractivity contribution is 0.625. The third-order valence-electron chi connectivity index (χ3n) is 2.37. The average Bonchev–Trinajstić information content (AvgIpc) is 2.22. The normalized spacial score (nSPS) is 14.4. The number of rotatable bonds is 4. The standard InChI is InChI=1S/C13H24N2/c1-7-11(3)9-13(15(5)6)14-10-12(4)8-2/h9-10H,7-8H2,1-6H3/b11-9+,12-10+,14-13+. The lowest BCUT2D eigenvalue weighted by Crippen LogP contribution is -2.19. The van der Waals surface area contributed by atoms with E-state index < -0.39 is 0 Å². The summed E-state index contributed by atoms with van der Waals surface area (Å²) in [6.07, 6.45) is 6.22. The fraction of sp³-hybridized carbons (Fsp3) is 0.615. The highest BCUT2D eigenvalue weighted by molar-refractivity contribution is 5.93. The van der Waals surface area contributed by atoms with Gasteiger partial charge in [0.25, 0.3) is 0 Å². The molecular weight excluding hydrogens is 184 g/mol. The van der Waals surface area contributed by atoms with E-state index in [4.69, 9.17) is 0 Å². The van der Waals surface area contributed by atoms with Crippen LogP contribution in [0.4, 0.5) is 0 Å². The second-order valence-electron chi connectivity index (χ2n) is 4.05. The van der Waals surface area contributed by atoms with Crippen molar-refractivity contribution in [1.82, 2.24) is 4.90 Å². The molecule has 2 nitrogen and oxygen atoms in total. The molecule has 0 N–H and O–H groups in total. The van der Waals surface area contributed by atoms with Gasteiger partial charge in [0.05, 0.1) is 0 Å². The van der Waals surface area contributed by atoms with Crippen molar-refractivity contribution < 1.29 is 0 Å². The molecule has 0 fully saturated rings. The number of hydrogen-bond donors (Lipinski definition) is 0. The number of aliphatic imine (C=N–C) groups is 1. The largest absolute Gasteiger partial charge is 0.363 e. The van der Waals surface area contributed by atoms with Gasteiger partial charge < -0.3 is 4.90 Å². The highest BCUT2D eigenvalue weighted by Crippen LogP contribution is 2.03. The zero-order valence-corrected chi connectivity index (χ0v) is 11.0. The third-order valence-corrected chi connectivity index (χ3v) is 2.37. The maximum absolute atomic E-state index is 4.49. The number of likely N-dealkylation sites (N-methyl/N-ethyl adjacent to an activating group) is 1. The first-order chi connectivity index (χ1) is 7.01. The van der Waals surface area contributed by atoms with E-state index in [1.807, 2.05) is 25.2 Å². The first-order valence-corrected chi connectivity index (χ1v) is 5.59. The molecule has 0 aliphatic heterocycles. The molecule has 0 amide bonds. The Kier molecular flexibility index (Phi) is 6.76. The van der Waals surface area contributed by atoms with Gasteiger partial charge in [-0.25, -0.2) is 4.99 Å². The SMILES string of the molecule is CC/C(C)=C/N=C(\C=C(/C)CC)N(C)C. The van der Waals surface area contributed by atoms with Crippen LogP contribution < -0.4 is 0 Å². The van der Waals surface area contributed by atoms with E-state index in [1.54, 1.807) is 0 Å². The predicted octanol–water partition coefficient (Wildman–Crippen LogP) is 3.62. The zero-order chi connectivity index (χ0) is 11.8. The lowest BCUT2D eigenvalue weighted by atomic mass is 10.2. The van der Waals surface area contributed by atoms with Crippen LogP contribution in [0, 0.1) is 0 Å². The molecule has 2 heteroatoms. The molecule has 0 aliphatic carbocycles. The minimum atomic E-state index is 1.02. The van der Waals surface area contributed by atoms with Gasteiger partial charge in [0.2, 0.25) is 0 Å².